The first-order valence-electron chi connectivity index (χ1n) is 8.17. The third-order valence-electron chi connectivity index (χ3n) is 4.16. The Morgan fingerprint density at radius 2 is 1.96 bits per heavy atom. The fraction of sp³-hybridized carbons (Fsp3) is 0.211. The van der Waals surface area contributed by atoms with Gasteiger partial charge in [-0.2, -0.15) is 0 Å². The molecule has 1 aliphatic rings. The number of rotatable bonds is 5. The summed E-state index contributed by atoms with van der Waals surface area (Å²) in [5, 5.41) is 2.41. The second kappa shape index (κ2) is 7.87. The molecule has 1 fully saturated rings. The quantitative estimate of drug-likeness (QED) is 0.846. The molecule has 2 aromatic carbocycles. The molecule has 0 aromatic heterocycles. The van der Waals surface area contributed by atoms with E-state index in [0.717, 1.165) is 28.8 Å². The van der Waals surface area contributed by atoms with E-state index < -0.39 is 23.6 Å². The highest BCUT2D eigenvalue weighted by atomic mass is 32.2. The van der Waals surface area contributed by atoms with Crippen LogP contribution < -0.4 is 5.32 Å². The summed E-state index contributed by atoms with van der Waals surface area (Å²) in [4.78, 5) is 37.0. The molecule has 1 saturated heterocycles. The van der Waals surface area contributed by atoms with E-state index in [1.807, 2.05) is 0 Å². The Morgan fingerprint density at radius 1 is 1.19 bits per heavy atom. The van der Waals surface area contributed by atoms with Crippen molar-refractivity contribution in [3.8, 4) is 0 Å². The van der Waals surface area contributed by atoms with Gasteiger partial charge in [0.15, 0.2) is 11.6 Å². The number of nitrogens with zero attached hydrogens (tertiary/aromatic N) is 1. The minimum atomic E-state index is -0.978. The van der Waals surface area contributed by atoms with E-state index in [1.54, 1.807) is 31.2 Å². The molecule has 1 atom stereocenters. The molecule has 3 rings (SSSR count). The summed E-state index contributed by atoms with van der Waals surface area (Å²) < 4.78 is 26.4. The Kier molecular flexibility index (Phi) is 5.55. The van der Waals surface area contributed by atoms with E-state index >= 15 is 0 Å². The van der Waals surface area contributed by atoms with E-state index in [9.17, 15) is 23.2 Å². The maximum atomic E-state index is 13.4. The normalized spacial score (nSPS) is 15.1. The Balaban J connectivity index is 1.70. The van der Waals surface area contributed by atoms with Crippen LogP contribution >= 0.6 is 11.8 Å². The van der Waals surface area contributed by atoms with Crippen molar-refractivity contribution in [1.29, 1.82) is 0 Å². The molecule has 0 bridgehead atoms. The van der Waals surface area contributed by atoms with Crippen LogP contribution in [0.25, 0.3) is 0 Å². The van der Waals surface area contributed by atoms with Crippen molar-refractivity contribution in [3.05, 3.63) is 70.8 Å². The lowest BCUT2D eigenvalue weighted by molar-refractivity contribution is -0.125. The van der Waals surface area contributed by atoms with Gasteiger partial charge in [0.1, 0.15) is 0 Å². The molecule has 1 heterocycles. The van der Waals surface area contributed by atoms with Crippen molar-refractivity contribution in [2.45, 2.75) is 19.5 Å². The van der Waals surface area contributed by atoms with Crippen LogP contribution in [0.2, 0.25) is 0 Å². The Labute approximate surface area is 158 Å². The molecule has 0 spiro atoms. The Morgan fingerprint density at radius 3 is 2.63 bits per heavy atom. The van der Waals surface area contributed by atoms with Crippen LogP contribution in [-0.2, 0) is 11.3 Å². The molecule has 0 aliphatic carbocycles. The second-order valence-electron chi connectivity index (χ2n) is 6.10. The molecule has 1 unspecified atom stereocenters. The number of nitrogens with one attached hydrogen (secondary N) is 1. The van der Waals surface area contributed by atoms with E-state index in [1.165, 1.54) is 6.07 Å². The van der Waals surface area contributed by atoms with E-state index in [0.29, 0.717) is 16.7 Å². The summed E-state index contributed by atoms with van der Waals surface area (Å²) in [6.07, 6.45) is 0. The smallest absolute Gasteiger partial charge is 0.289 e. The molecular weight excluding hydrogens is 374 g/mol. The van der Waals surface area contributed by atoms with Crippen molar-refractivity contribution in [2.24, 2.45) is 0 Å². The van der Waals surface area contributed by atoms with Crippen LogP contribution in [0.15, 0.2) is 42.5 Å². The molecule has 0 saturated carbocycles. The van der Waals surface area contributed by atoms with Gasteiger partial charge < -0.3 is 5.32 Å². The monoisotopic (exact) mass is 390 g/mol. The molecule has 3 amide bonds. The van der Waals surface area contributed by atoms with Gasteiger partial charge in [-0.3, -0.25) is 19.3 Å². The number of carbonyl (C=O) groups excluding carboxylic acids is 3. The topological polar surface area (TPSA) is 66.5 Å². The van der Waals surface area contributed by atoms with Crippen LogP contribution in [0.3, 0.4) is 0 Å². The van der Waals surface area contributed by atoms with Crippen LogP contribution in [0.4, 0.5) is 13.6 Å². The number of amides is 3. The van der Waals surface area contributed by atoms with Gasteiger partial charge >= 0.3 is 0 Å². The number of imide groups is 1. The van der Waals surface area contributed by atoms with Gasteiger partial charge in [0.2, 0.25) is 5.91 Å². The van der Waals surface area contributed by atoms with Crippen molar-refractivity contribution in [3.63, 3.8) is 0 Å². The molecule has 1 N–H and O–H groups in total. The van der Waals surface area contributed by atoms with Crippen LogP contribution in [0.5, 0.6) is 0 Å². The van der Waals surface area contributed by atoms with Gasteiger partial charge in [-0.15, -0.1) is 0 Å². The number of benzene rings is 2. The molecule has 0 radical (unpaired) electrons. The number of hydrogen-bond acceptors (Lipinski definition) is 4. The lowest BCUT2D eigenvalue weighted by atomic mass is 10.1. The summed E-state index contributed by atoms with van der Waals surface area (Å²) >= 11 is 0.952. The number of halogens is 2. The zero-order valence-corrected chi connectivity index (χ0v) is 15.2. The third kappa shape index (κ3) is 4.33. The molecular formula is C19H16F2N2O3S. The number of carbonyl (C=O) groups is 3. The molecule has 2 aromatic rings. The van der Waals surface area contributed by atoms with Crippen LogP contribution in [0.1, 0.15) is 34.5 Å². The van der Waals surface area contributed by atoms with Gasteiger partial charge in [-0.25, -0.2) is 8.78 Å². The fourth-order valence-corrected chi connectivity index (χ4v) is 3.40. The highest BCUT2D eigenvalue weighted by molar-refractivity contribution is 8.14. The molecule has 27 heavy (non-hydrogen) atoms. The Bertz CT molecular complexity index is 904. The third-order valence-corrected chi connectivity index (χ3v) is 5.02. The standard InChI is InChI=1S/C19H16F2N2O3S/c1-11(13-5-6-15(20)16(21)8-13)22-18(25)14-4-2-3-12(7-14)9-23-17(24)10-27-19(23)26/h2-8,11H,9-10H2,1H3,(H,22,25). The molecule has 140 valence electrons. The van der Waals surface area contributed by atoms with E-state index in [4.69, 9.17) is 0 Å². The summed E-state index contributed by atoms with van der Waals surface area (Å²) in [6.45, 7) is 1.76. The maximum absolute atomic E-state index is 13.4. The highest BCUT2D eigenvalue weighted by Gasteiger charge is 2.29. The summed E-state index contributed by atoms with van der Waals surface area (Å²) in [7, 11) is 0. The van der Waals surface area contributed by atoms with Gasteiger partial charge in [0.05, 0.1) is 18.3 Å². The van der Waals surface area contributed by atoms with E-state index in [-0.39, 0.29) is 23.4 Å². The molecule has 5 nitrogen and oxygen atoms in total. The summed E-state index contributed by atoms with van der Waals surface area (Å²) in [6, 6.07) is 9.49. The Hall–Kier alpha value is -2.74. The van der Waals surface area contributed by atoms with Gasteiger partial charge in [0.25, 0.3) is 11.1 Å². The van der Waals surface area contributed by atoms with Gasteiger partial charge in [-0.1, -0.05) is 30.0 Å². The number of thioether (sulfide) groups is 1. The first kappa shape index (κ1) is 19.0. The first-order valence-corrected chi connectivity index (χ1v) is 9.15. The van der Waals surface area contributed by atoms with Gasteiger partial charge in [0, 0.05) is 5.56 Å². The van der Waals surface area contributed by atoms with Crippen molar-refractivity contribution in [2.75, 3.05) is 5.75 Å². The molecule has 1 aliphatic heterocycles. The highest BCUT2D eigenvalue weighted by Crippen LogP contribution is 2.22. The minimum absolute atomic E-state index is 0.102. The predicted octanol–water partition coefficient (Wildman–Crippen LogP) is 3.65. The first-order chi connectivity index (χ1) is 12.8. The van der Waals surface area contributed by atoms with Crippen molar-refractivity contribution < 1.29 is 23.2 Å². The lowest BCUT2D eigenvalue weighted by Crippen LogP contribution is -2.29. The zero-order valence-electron chi connectivity index (χ0n) is 14.4. The maximum Gasteiger partial charge on any atom is 0.289 e. The van der Waals surface area contributed by atoms with Crippen LogP contribution in [-0.4, -0.2) is 27.7 Å². The SMILES string of the molecule is CC(NC(=O)c1cccc(CN2C(=O)CSC2=O)c1)c1ccc(F)c(F)c1. The molecule has 8 heteroatoms. The largest absolute Gasteiger partial charge is 0.346 e. The van der Waals surface area contributed by atoms with Crippen molar-refractivity contribution in [1.82, 2.24) is 10.2 Å². The average Bonchev–Trinajstić information content (AvgIpc) is 2.96. The summed E-state index contributed by atoms with van der Waals surface area (Å²) in [5.41, 5.74) is 1.42. The predicted molar refractivity (Wildman–Crippen MR) is 97.1 cm³/mol. The summed E-state index contributed by atoms with van der Waals surface area (Å²) in [5.74, 6) is -2.46. The average molecular weight is 390 g/mol. The van der Waals surface area contributed by atoms with Gasteiger partial charge in [-0.05, 0) is 42.3 Å². The fourth-order valence-electron chi connectivity index (χ4n) is 2.67. The van der Waals surface area contributed by atoms with Crippen LogP contribution in [0, 0.1) is 11.6 Å². The second-order valence-corrected chi connectivity index (χ2v) is 7.03. The van der Waals surface area contributed by atoms with Crippen molar-refractivity contribution >= 4 is 28.8 Å². The lowest BCUT2D eigenvalue weighted by Gasteiger charge is -2.16. The zero-order chi connectivity index (χ0) is 19.6. The van der Waals surface area contributed by atoms with E-state index in [2.05, 4.69) is 5.32 Å². The minimum Gasteiger partial charge on any atom is -0.346 e. The number of hydrogen-bond donors (Lipinski definition) is 1.